The van der Waals surface area contributed by atoms with E-state index in [1.807, 2.05) is 20.8 Å². The Morgan fingerprint density at radius 2 is 1.76 bits per heavy atom. The van der Waals surface area contributed by atoms with E-state index >= 15 is 0 Å². The van der Waals surface area contributed by atoms with Gasteiger partial charge in [-0.2, -0.15) is 16.8 Å². The van der Waals surface area contributed by atoms with Gasteiger partial charge in [0.15, 0.2) is 15.6 Å². The highest BCUT2D eigenvalue weighted by molar-refractivity contribution is 7.99. The summed E-state index contributed by atoms with van der Waals surface area (Å²) in [5, 5.41) is 1.55. The van der Waals surface area contributed by atoms with Crippen molar-refractivity contribution in [2.24, 2.45) is 5.92 Å². The normalized spacial score (nSPS) is 13.2. The van der Waals surface area contributed by atoms with Crippen LogP contribution in [0.25, 0.3) is 0 Å². The Labute approximate surface area is 202 Å². The molecule has 10 heteroatoms. The third-order valence-electron chi connectivity index (χ3n) is 5.07. The van der Waals surface area contributed by atoms with Crippen LogP contribution in [0, 0.1) is 5.92 Å². The molecule has 1 unspecified atom stereocenters. The minimum Gasteiger partial charge on any atom is -0.385 e. The number of ketones is 1. The van der Waals surface area contributed by atoms with Gasteiger partial charge in [0, 0.05) is 49.3 Å². The van der Waals surface area contributed by atoms with Gasteiger partial charge < -0.3 is 9.47 Å². The summed E-state index contributed by atoms with van der Waals surface area (Å²) in [6.45, 7) is 8.24. The molecule has 0 aliphatic heterocycles. The van der Waals surface area contributed by atoms with Crippen molar-refractivity contribution in [1.29, 1.82) is 0 Å². The zero-order valence-electron chi connectivity index (χ0n) is 20.5. The molecule has 0 radical (unpaired) electrons. The molecule has 0 spiro atoms. The number of thioether (sulfide) groups is 1. The van der Waals surface area contributed by atoms with Crippen molar-refractivity contribution in [3.63, 3.8) is 0 Å². The van der Waals surface area contributed by atoms with Gasteiger partial charge in [0.2, 0.25) is 0 Å². The molecule has 0 aromatic heterocycles. The predicted molar refractivity (Wildman–Crippen MR) is 133 cm³/mol. The molecule has 0 heterocycles. The number of Topliss-reactive ketones (excluding diaryl/α,β-unsaturated/α-hetero) is 1. The molecule has 33 heavy (non-hydrogen) atoms. The van der Waals surface area contributed by atoms with Gasteiger partial charge in [0.25, 0.3) is 5.91 Å². The summed E-state index contributed by atoms with van der Waals surface area (Å²) in [4.78, 5) is 25.5. The Hall–Kier alpha value is -1.46. The van der Waals surface area contributed by atoms with Crippen LogP contribution in [0.15, 0.2) is 24.3 Å². The fraction of sp³-hybridized carbons (Fsp3) is 0.652. The number of benzene rings is 1. The smallest absolute Gasteiger partial charge is 0.265 e. The highest BCUT2D eigenvalue weighted by atomic mass is 32.2. The molecule has 188 valence electrons. The molecule has 0 saturated carbocycles. The van der Waals surface area contributed by atoms with E-state index in [9.17, 15) is 18.0 Å². The first kappa shape index (κ1) is 29.6. The highest BCUT2D eigenvalue weighted by Gasteiger charge is 2.26. The lowest BCUT2D eigenvalue weighted by Crippen LogP contribution is -2.43. The van der Waals surface area contributed by atoms with Crippen molar-refractivity contribution < 1.29 is 27.5 Å². The van der Waals surface area contributed by atoms with E-state index in [2.05, 4.69) is 5.43 Å². The van der Waals surface area contributed by atoms with Gasteiger partial charge in [-0.05, 0) is 38.2 Å². The molecule has 1 N–H and O–H groups in total. The SMILES string of the molecule is CCSCC(CS(=O)(=O)CC)C(=O)c1ccc(C(=O)NN(C)COC(C)(C)CCOC)cc1. The van der Waals surface area contributed by atoms with Crippen LogP contribution in [0.3, 0.4) is 0 Å². The van der Waals surface area contributed by atoms with Crippen LogP contribution in [0.4, 0.5) is 0 Å². The molecular weight excluding hydrogens is 464 g/mol. The first-order chi connectivity index (χ1) is 15.4. The number of carbonyl (C=O) groups excluding carboxylic acids is 2. The predicted octanol–water partition coefficient (Wildman–Crippen LogP) is 3.04. The van der Waals surface area contributed by atoms with Crippen LogP contribution < -0.4 is 5.43 Å². The third-order valence-corrected chi connectivity index (χ3v) is 7.91. The van der Waals surface area contributed by atoms with Gasteiger partial charge in [-0.25, -0.2) is 8.42 Å². The van der Waals surface area contributed by atoms with E-state index in [0.29, 0.717) is 23.5 Å². The van der Waals surface area contributed by atoms with Crippen LogP contribution in [-0.2, 0) is 19.3 Å². The summed E-state index contributed by atoms with van der Waals surface area (Å²) in [6.07, 6.45) is 0.720. The van der Waals surface area contributed by atoms with Crippen molar-refractivity contribution in [2.45, 2.75) is 39.7 Å². The molecule has 1 aromatic rings. The number of methoxy groups -OCH3 is 1. The Balaban J connectivity index is 2.76. The van der Waals surface area contributed by atoms with Gasteiger partial charge in [0.05, 0.1) is 11.4 Å². The van der Waals surface area contributed by atoms with Crippen LogP contribution in [0.1, 0.15) is 54.8 Å². The number of nitrogens with zero attached hydrogens (tertiary/aromatic N) is 1. The van der Waals surface area contributed by atoms with E-state index in [1.54, 1.807) is 62.1 Å². The lowest BCUT2D eigenvalue weighted by atomic mass is 9.99. The Bertz CT molecular complexity index is 856. The van der Waals surface area contributed by atoms with Crippen molar-refractivity contribution in [2.75, 3.05) is 50.5 Å². The van der Waals surface area contributed by atoms with E-state index in [4.69, 9.17) is 9.47 Å². The summed E-state index contributed by atoms with van der Waals surface area (Å²) in [7, 11) is 0.0570. The molecule has 0 saturated heterocycles. The van der Waals surface area contributed by atoms with Gasteiger partial charge >= 0.3 is 0 Å². The number of hydrazine groups is 1. The summed E-state index contributed by atoms with van der Waals surface area (Å²) in [5.41, 5.74) is 3.13. The highest BCUT2D eigenvalue weighted by Crippen LogP contribution is 2.18. The lowest BCUT2D eigenvalue weighted by Gasteiger charge is -2.28. The van der Waals surface area contributed by atoms with Crippen molar-refractivity contribution >= 4 is 33.3 Å². The first-order valence-corrected chi connectivity index (χ1v) is 14.0. The van der Waals surface area contributed by atoms with E-state index in [-0.39, 0.29) is 29.9 Å². The summed E-state index contributed by atoms with van der Waals surface area (Å²) in [5.74, 6) is -0.0658. The maximum atomic E-state index is 12.9. The second kappa shape index (κ2) is 14.1. The number of ether oxygens (including phenoxy) is 2. The number of hydrogen-bond acceptors (Lipinski definition) is 8. The Morgan fingerprint density at radius 3 is 2.30 bits per heavy atom. The van der Waals surface area contributed by atoms with Crippen LogP contribution in [0.2, 0.25) is 0 Å². The number of hydrogen-bond donors (Lipinski definition) is 1. The molecule has 0 aliphatic rings. The number of rotatable bonds is 16. The van der Waals surface area contributed by atoms with Crippen LogP contribution in [-0.4, -0.2) is 81.2 Å². The van der Waals surface area contributed by atoms with Gasteiger partial charge in [0.1, 0.15) is 6.73 Å². The molecule has 0 aliphatic carbocycles. The monoisotopic (exact) mass is 502 g/mol. The van der Waals surface area contributed by atoms with Crippen LogP contribution >= 0.6 is 11.8 Å². The third kappa shape index (κ3) is 11.0. The zero-order chi connectivity index (χ0) is 25.1. The van der Waals surface area contributed by atoms with Crippen molar-refractivity contribution in [3.05, 3.63) is 35.4 Å². The van der Waals surface area contributed by atoms with Crippen LogP contribution in [0.5, 0.6) is 0 Å². The number of nitrogens with one attached hydrogen (secondary N) is 1. The Morgan fingerprint density at radius 1 is 1.15 bits per heavy atom. The minimum absolute atomic E-state index is 0.00742. The topological polar surface area (TPSA) is 102 Å². The Kier molecular flexibility index (Phi) is 12.6. The fourth-order valence-electron chi connectivity index (χ4n) is 2.87. The number of amides is 1. The molecule has 0 bridgehead atoms. The second-order valence-electron chi connectivity index (χ2n) is 8.41. The van der Waals surface area contributed by atoms with E-state index in [0.717, 1.165) is 12.2 Å². The van der Waals surface area contributed by atoms with Gasteiger partial charge in [-0.1, -0.05) is 26.0 Å². The van der Waals surface area contributed by atoms with Gasteiger partial charge in [-0.3, -0.25) is 15.0 Å². The molecule has 1 aromatic carbocycles. The molecule has 0 fully saturated rings. The lowest BCUT2D eigenvalue weighted by molar-refractivity contribution is -0.0881. The number of sulfone groups is 1. The standard InChI is InChI=1S/C23H38N2O6S2/c1-7-32-15-20(16-33(28,29)8-2)21(26)18-9-11-19(12-10-18)22(27)24-25(5)17-31-23(3,4)13-14-30-6/h9-12,20H,7-8,13-17H2,1-6H3,(H,24,27). The summed E-state index contributed by atoms with van der Waals surface area (Å²) < 4.78 is 35.1. The minimum atomic E-state index is -3.28. The van der Waals surface area contributed by atoms with E-state index < -0.39 is 21.4 Å². The molecule has 1 amide bonds. The average molecular weight is 503 g/mol. The van der Waals surface area contributed by atoms with Gasteiger partial charge in [-0.15, -0.1) is 0 Å². The second-order valence-corrected chi connectivity index (χ2v) is 12.1. The molecular formula is C23H38N2O6S2. The largest absolute Gasteiger partial charge is 0.385 e. The fourth-order valence-corrected chi connectivity index (χ4v) is 4.92. The summed E-state index contributed by atoms with van der Waals surface area (Å²) >= 11 is 1.54. The maximum absolute atomic E-state index is 12.9. The molecule has 1 rings (SSSR count). The van der Waals surface area contributed by atoms with Crippen molar-refractivity contribution in [1.82, 2.24) is 10.4 Å². The zero-order valence-corrected chi connectivity index (χ0v) is 22.2. The molecule has 1 atom stereocenters. The van der Waals surface area contributed by atoms with E-state index in [1.165, 1.54) is 0 Å². The summed E-state index contributed by atoms with van der Waals surface area (Å²) in [6, 6.07) is 6.28. The first-order valence-electron chi connectivity index (χ1n) is 11.0. The maximum Gasteiger partial charge on any atom is 0.265 e. The quantitative estimate of drug-likeness (QED) is 0.209. The van der Waals surface area contributed by atoms with Crippen molar-refractivity contribution in [3.8, 4) is 0 Å². The molecule has 8 nitrogen and oxygen atoms in total. The number of carbonyl (C=O) groups is 2. The average Bonchev–Trinajstić information content (AvgIpc) is 2.78.